The van der Waals surface area contributed by atoms with Crippen molar-refractivity contribution in [2.24, 2.45) is 0 Å². The molecule has 0 aromatic heterocycles. The predicted molar refractivity (Wildman–Crippen MR) is 69.2 cm³/mol. The molecule has 108 valence electrons. The summed E-state index contributed by atoms with van der Waals surface area (Å²) in [6.45, 7) is 3.44. The van der Waals surface area contributed by atoms with E-state index in [0.717, 1.165) is 5.56 Å². The van der Waals surface area contributed by atoms with Gasteiger partial charge in [-0.05, 0) is 18.6 Å². The molecule has 0 fully saturated rings. The fourth-order valence-corrected chi connectivity index (χ4v) is 1.85. The van der Waals surface area contributed by atoms with Gasteiger partial charge in [0.1, 0.15) is 12.4 Å². The number of methoxy groups -OCH3 is 1. The Morgan fingerprint density at radius 3 is 2.47 bits per heavy atom. The molecular formula is C12H18O6S. The molecule has 0 saturated heterocycles. The highest BCUT2D eigenvalue weighted by molar-refractivity contribution is 7.85. The fraction of sp³-hybridized carbons (Fsp3) is 0.500. The van der Waals surface area contributed by atoms with Crippen molar-refractivity contribution < 1.29 is 27.2 Å². The molecule has 0 radical (unpaired) electrons. The Labute approximate surface area is 113 Å². The predicted octanol–water partition coefficient (Wildman–Crippen LogP) is 1.28. The summed E-state index contributed by atoms with van der Waals surface area (Å²) in [6.07, 6.45) is 0. The van der Waals surface area contributed by atoms with Gasteiger partial charge in [0.15, 0.2) is 0 Å². The summed E-state index contributed by atoms with van der Waals surface area (Å²) in [5.74, 6) is 0.408. The third kappa shape index (κ3) is 5.56. The van der Waals surface area contributed by atoms with Gasteiger partial charge in [0.05, 0.1) is 24.7 Å². The molecule has 0 atom stereocenters. The van der Waals surface area contributed by atoms with Crippen LogP contribution in [0.15, 0.2) is 23.1 Å². The van der Waals surface area contributed by atoms with Crippen LogP contribution in [0, 0.1) is 6.92 Å². The number of benzene rings is 1. The van der Waals surface area contributed by atoms with E-state index in [1.807, 2.05) is 0 Å². The molecule has 7 heteroatoms. The van der Waals surface area contributed by atoms with E-state index in [1.165, 1.54) is 12.1 Å². The monoisotopic (exact) mass is 290 g/mol. The summed E-state index contributed by atoms with van der Waals surface area (Å²) in [4.78, 5) is -0.187. The van der Waals surface area contributed by atoms with Crippen molar-refractivity contribution in [3.05, 3.63) is 23.8 Å². The minimum atomic E-state index is -4.21. The van der Waals surface area contributed by atoms with Gasteiger partial charge in [-0.3, -0.25) is 4.55 Å². The van der Waals surface area contributed by atoms with Gasteiger partial charge in [-0.15, -0.1) is 0 Å². The standard InChI is InChI=1S/C12H18O6S/c1-10-3-4-11(19(13,14)15)9-12(10)18-8-7-17-6-5-16-2/h3-4,9H,5-8H2,1-2H3,(H,13,14,15). The van der Waals surface area contributed by atoms with Gasteiger partial charge in [-0.2, -0.15) is 8.42 Å². The van der Waals surface area contributed by atoms with Crippen LogP contribution < -0.4 is 4.74 Å². The van der Waals surface area contributed by atoms with Crippen LogP contribution in [-0.2, 0) is 19.6 Å². The first kappa shape index (κ1) is 15.9. The van der Waals surface area contributed by atoms with Gasteiger partial charge in [-0.1, -0.05) is 6.07 Å². The van der Waals surface area contributed by atoms with E-state index >= 15 is 0 Å². The van der Waals surface area contributed by atoms with Crippen molar-refractivity contribution in [1.82, 2.24) is 0 Å². The zero-order chi connectivity index (χ0) is 14.3. The maximum Gasteiger partial charge on any atom is 0.294 e. The number of hydrogen-bond donors (Lipinski definition) is 1. The molecule has 0 bridgehead atoms. The first-order chi connectivity index (χ1) is 8.95. The third-order valence-electron chi connectivity index (χ3n) is 2.37. The van der Waals surface area contributed by atoms with Gasteiger partial charge in [0.2, 0.25) is 0 Å². The van der Waals surface area contributed by atoms with E-state index in [2.05, 4.69) is 0 Å². The van der Waals surface area contributed by atoms with E-state index in [4.69, 9.17) is 18.8 Å². The molecule has 0 amide bonds. The molecule has 0 heterocycles. The van der Waals surface area contributed by atoms with Crippen LogP contribution in [0.2, 0.25) is 0 Å². The summed E-state index contributed by atoms with van der Waals surface area (Å²) in [5, 5.41) is 0. The molecule has 0 aliphatic rings. The van der Waals surface area contributed by atoms with Crippen LogP contribution in [0.5, 0.6) is 5.75 Å². The Morgan fingerprint density at radius 1 is 1.16 bits per heavy atom. The summed E-state index contributed by atoms with van der Waals surface area (Å²) >= 11 is 0. The molecule has 0 unspecified atom stereocenters. The average Bonchev–Trinajstić information content (AvgIpc) is 2.34. The van der Waals surface area contributed by atoms with Crippen LogP contribution >= 0.6 is 0 Å². The Kier molecular flexibility index (Phi) is 6.23. The molecule has 0 aliphatic carbocycles. The molecule has 19 heavy (non-hydrogen) atoms. The second kappa shape index (κ2) is 7.44. The third-order valence-corrected chi connectivity index (χ3v) is 3.22. The van der Waals surface area contributed by atoms with E-state index in [0.29, 0.717) is 32.2 Å². The maximum atomic E-state index is 11.0. The van der Waals surface area contributed by atoms with Gasteiger partial charge < -0.3 is 14.2 Å². The summed E-state index contributed by atoms with van der Waals surface area (Å²) in [5.41, 5.74) is 0.782. The Morgan fingerprint density at radius 2 is 1.84 bits per heavy atom. The highest BCUT2D eigenvalue weighted by Crippen LogP contribution is 2.22. The summed E-state index contributed by atoms with van der Waals surface area (Å²) < 4.78 is 46.4. The highest BCUT2D eigenvalue weighted by Gasteiger charge is 2.11. The van der Waals surface area contributed by atoms with Crippen LogP contribution in [0.1, 0.15) is 5.56 Å². The zero-order valence-electron chi connectivity index (χ0n) is 11.0. The molecule has 1 aromatic carbocycles. The van der Waals surface area contributed by atoms with Crippen molar-refractivity contribution in [3.8, 4) is 5.75 Å². The zero-order valence-corrected chi connectivity index (χ0v) is 11.8. The van der Waals surface area contributed by atoms with E-state index < -0.39 is 10.1 Å². The molecule has 0 spiro atoms. The van der Waals surface area contributed by atoms with Crippen LogP contribution in [-0.4, -0.2) is 46.5 Å². The molecule has 1 rings (SSSR count). The van der Waals surface area contributed by atoms with Crippen molar-refractivity contribution in [2.45, 2.75) is 11.8 Å². The number of rotatable bonds is 8. The smallest absolute Gasteiger partial charge is 0.294 e. The van der Waals surface area contributed by atoms with Crippen molar-refractivity contribution in [2.75, 3.05) is 33.5 Å². The van der Waals surface area contributed by atoms with Crippen LogP contribution in [0.4, 0.5) is 0 Å². The van der Waals surface area contributed by atoms with E-state index in [1.54, 1.807) is 20.1 Å². The molecule has 1 N–H and O–H groups in total. The minimum absolute atomic E-state index is 0.187. The maximum absolute atomic E-state index is 11.0. The first-order valence-electron chi connectivity index (χ1n) is 5.73. The lowest BCUT2D eigenvalue weighted by Gasteiger charge is -2.10. The van der Waals surface area contributed by atoms with Crippen LogP contribution in [0.25, 0.3) is 0 Å². The number of hydrogen-bond acceptors (Lipinski definition) is 5. The Bertz CT molecular complexity index is 497. The van der Waals surface area contributed by atoms with Crippen molar-refractivity contribution in [3.63, 3.8) is 0 Å². The Balaban J connectivity index is 2.53. The molecule has 6 nitrogen and oxygen atoms in total. The van der Waals surface area contributed by atoms with Gasteiger partial charge in [-0.25, -0.2) is 0 Å². The van der Waals surface area contributed by atoms with Crippen molar-refractivity contribution in [1.29, 1.82) is 0 Å². The number of aryl methyl sites for hydroxylation is 1. The average molecular weight is 290 g/mol. The van der Waals surface area contributed by atoms with Crippen LogP contribution in [0.3, 0.4) is 0 Å². The highest BCUT2D eigenvalue weighted by atomic mass is 32.2. The molecule has 0 aliphatic heterocycles. The lowest BCUT2D eigenvalue weighted by Crippen LogP contribution is -2.10. The van der Waals surface area contributed by atoms with Gasteiger partial charge >= 0.3 is 0 Å². The molecular weight excluding hydrogens is 272 g/mol. The summed E-state index contributed by atoms with van der Waals surface area (Å²) in [7, 11) is -2.63. The van der Waals surface area contributed by atoms with E-state index in [-0.39, 0.29) is 4.90 Å². The lowest BCUT2D eigenvalue weighted by molar-refractivity contribution is 0.0543. The quantitative estimate of drug-likeness (QED) is 0.574. The SMILES string of the molecule is COCCOCCOc1cc(S(=O)(=O)O)ccc1C. The fourth-order valence-electron chi connectivity index (χ4n) is 1.35. The number of ether oxygens (including phenoxy) is 3. The molecule has 1 aromatic rings. The normalized spacial score (nSPS) is 11.5. The second-order valence-corrected chi connectivity index (χ2v) is 5.28. The lowest BCUT2D eigenvalue weighted by atomic mass is 10.2. The minimum Gasteiger partial charge on any atom is -0.491 e. The topological polar surface area (TPSA) is 82.1 Å². The Hall–Kier alpha value is -1.15. The summed E-state index contributed by atoms with van der Waals surface area (Å²) in [6, 6.07) is 4.19. The van der Waals surface area contributed by atoms with E-state index in [9.17, 15) is 8.42 Å². The first-order valence-corrected chi connectivity index (χ1v) is 7.17. The van der Waals surface area contributed by atoms with Crippen molar-refractivity contribution >= 4 is 10.1 Å². The largest absolute Gasteiger partial charge is 0.491 e. The van der Waals surface area contributed by atoms with Gasteiger partial charge in [0.25, 0.3) is 10.1 Å². The molecule has 0 saturated carbocycles. The second-order valence-electron chi connectivity index (χ2n) is 3.86. The van der Waals surface area contributed by atoms with Gasteiger partial charge in [0, 0.05) is 13.2 Å².